The summed E-state index contributed by atoms with van der Waals surface area (Å²) in [7, 11) is 2.34. The van der Waals surface area contributed by atoms with Crippen LogP contribution in [0, 0.1) is 0 Å². The highest BCUT2D eigenvalue weighted by Crippen LogP contribution is 2.23. The molecule has 1 aliphatic carbocycles. The van der Waals surface area contributed by atoms with Crippen LogP contribution in [-0.2, 0) is 9.47 Å². The van der Waals surface area contributed by atoms with E-state index in [0.717, 1.165) is 37.3 Å². The van der Waals surface area contributed by atoms with E-state index in [2.05, 4.69) is 25.3 Å². The lowest BCUT2D eigenvalue weighted by Gasteiger charge is -2.34. The van der Waals surface area contributed by atoms with Gasteiger partial charge in [0.15, 0.2) is 0 Å². The highest BCUT2D eigenvalue weighted by atomic mass is 16.6. The van der Waals surface area contributed by atoms with Gasteiger partial charge in [-0.25, -0.2) is 0 Å². The number of allylic oxidation sites excluding steroid dienone is 2. The Labute approximate surface area is 103 Å². The van der Waals surface area contributed by atoms with Crippen molar-refractivity contribution in [2.75, 3.05) is 39.9 Å². The first-order chi connectivity index (χ1) is 8.23. The molecule has 0 saturated carbocycles. The van der Waals surface area contributed by atoms with Crippen molar-refractivity contribution in [1.29, 1.82) is 0 Å². The van der Waals surface area contributed by atoms with Gasteiger partial charge in [0.05, 0.1) is 20.3 Å². The Balaban J connectivity index is 1.63. The minimum atomic E-state index is 0.493. The van der Waals surface area contributed by atoms with E-state index in [-0.39, 0.29) is 0 Å². The molecule has 0 spiro atoms. The second kappa shape index (κ2) is 4.56. The molecule has 0 bridgehead atoms. The molecule has 3 nitrogen and oxygen atoms in total. The SMILES string of the molecule is C[N+](CC1=CCCC=C1)(CC1CO1)CC1CO1. The van der Waals surface area contributed by atoms with Crippen molar-refractivity contribution in [3.8, 4) is 0 Å². The highest BCUT2D eigenvalue weighted by molar-refractivity contribution is 5.22. The predicted octanol–water partition coefficient (Wildman–Crippen LogP) is 1.51. The van der Waals surface area contributed by atoms with E-state index in [4.69, 9.17) is 9.47 Å². The Kier molecular flexibility index (Phi) is 3.07. The molecule has 0 radical (unpaired) electrons. The summed E-state index contributed by atoms with van der Waals surface area (Å²) < 4.78 is 11.9. The molecule has 17 heavy (non-hydrogen) atoms. The van der Waals surface area contributed by atoms with Crippen LogP contribution in [-0.4, -0.2) is 56.6 Å². The van der Waals surface area contributed by atoms with Crippen LogP contribution in [0.2, 0.25) is 0 Å². The minimum Gasteiger partial charge on any atom is -0.367 e. The van der Waals surface area contributed by atoms with E-state index in [1.807, 2.05) is 0 Å². The largest absolute Gasteiger partial charge is 0.367 e. The third kappa shape index (κ3) is 3.41. The van der Waals surface area contributed by atoms with E-state index in [0.29, 0.717) is 12.2 Å². The zero-order valence-corrected chi connectivity index (χ0v) is 10.6. The van der Waals surface area contributed by atoms with E-state index in [9.17, 15) is 0 Å². The van der Waals surface area contributed by atoms with Crippen LogP contribution >= 0.6 is 0 Å². The molecule has 3 aliphatic rings. The Morgan fingerprint density at radius 3 is 2.29 bits per heavy atom. The molecule has 3 rings (SSSR count). The van der Waals surface area contributed by atoms with Crippen molar-refractivity contribution < 1.29 is 14.0 Å². The lowest BCUT2D eigenvalue weighted by molar-refractivity contribution is -0.905. The average Bonchev–Trinajstić information content (AvgIpc) is 3.17. The summed E-state index contributed by atoms with van der Waals surface area (Å²) in [5, 5.41) is 0. The van der Waals surface area contributed by atoms with Crippen LogP contribution in [0.3, 0.4) is 0 Å². The van der Waals surface area contributed by atoms with Crippen LogP contribution in [0.5, 0.6) is 0 Å². The Morgan fingerprint density at radius 2 is 1.82 bits per heavy atom. The first kappa shape index (κ1) is 11.5. The molecule has 2 heterocycles. The molecule has 0 N–H and O–H groups in total. The molecule has 2 saturated heterocycles. The third-order valence-corrected chi connectivity index (χ3v) is 3.73. The van der Waals surface area contributed by atoms with Gasteiger partial charge < -0.3 is 14.0 Å². The Hall–Kier alpha value is -0.640. The number of hydrogen-bond donors (Lipinski definition) is 0. The van der Waals surface area contributed by atoms with Gasteiger partial charge >= 0.3 is 0 Å². The average molecular weight is 236 g/mol. The van der Waals surface area contributed by atoms with Crippen LogP contribution < -0.4 is 0 Å². The molecule has 0 aromatic heterocycles. The van der Waals surface area contributed by atoms with Gasteiger partial charge in [0, 0.05) is 5.57 Å². The number of epoxide rings is 2. The second-order valence-corrected chi connectivity index (χ2v) is 5.81. The normalized spacial score (nSPS) is 34.1. The summed E-state index contributed by atoms with van der Waals surface area (Å²) in [5.74, 6) is 0. The van der Waals surface area contributed by atoms with Crippen LogP contribution in [0.1, 0.15) is 12.8 Å². The van der Waals surface area contributed by atoms with E-state index in [1.165, 1.54) is 18.4 Å². The van der Waals surface area contributed by atoms with Crippen molar-refractivity contribution in [1.82, 2.24) is 0 Å². The summed E-state index contributed by atoms with van der Waals surface area (Å²) in [6, 6.07) is 0. The number of hydrogen-bond acceptors (Lipinski definition) is 2. The molecule has 94 valence electrons. The van der Waals surface area contributed by atoms with Gasteiger partial charge in [-0.15, -0.1) is 0 Å². The maximum atomic E-state index is 5.40. The van der Waals surface area contributed by atoms with Crippen LogP contribution in [0.25, 0.3) is 0 Å². The molecule has 2 fully saturated rings. The lowest BCUT2D eigenvalue weighted by Crippen LogP contribution is -2.50. The summed E-state index contributed by atoms with van der Waals surface area (Å²) in [6.07, 6.45) is 10.4. The van der Waals surface area contributed by atoms with E-state index >= 15 is 0 Å². The third-order valence-electron chi connectivity index (χ3n) is 3.73. The zero-order valence-electron chi connectivity index (χ0n) is 10.6. The van der Waals surface area contributed by atoms with Crippen molar-refractivity contribution in [2.24, 2.45) is 0 Å². The number of likely N-dealkylation sites (N-methyl/N-ethyl adjacent to an activating group) is 1. The smallest absolute Gasteiger partial charge is 0.130 e. The van der Waals surface area contributed by atoms with Crippen molar-refractivity contribution >= 4 is 0 Å². The summed E-state index contributed by atoms with van der Waals surface area (Å²) in [5.41, 5.74) is 1.49. The van der Waals surface area contributed by atoms with Gasteiger partial charge in [0.2, 0.25) is 0 Å². The van der Waals surface area contributed by atoms with Gasteiger partial charge in [-0.05, 0) is 12.8 Å². The van der Waals surface area contributed by atoms with Gasteiger partial charge in [-0.1, -0.05) is 18.2 Å². The molecule has 3 heteroatoms. The molecule has 2 aliphatic heterocycles. The summed E-state index contributed by atoms with van der Waals surface area (Å²) in [6.45, 7) is 5.29. The van der Waals surface area contributed by atoms with Crippen LogP contribution in [0.4, 0.5) is 0 Å². The fraction of sp³-hybridized carbons (Fsp3) is 0.714. The van der Waals surface area contributed by atoms with Crippen molar-refractivity contribution in [2.45, 2.75) is 25.0 Å². The van der Waals surface area contributed by atoms with Gasteiger partial charge in [-0.3, -0.25) is 0 Å². The number of rotatable bonds is 6. The zero-order chi connectivity index (χ0) is 11.7. The van der Waals surface area contributed by atoms with Gasteiger partial charge in [-0.2, -0.15) is 0 Å². The summed E-state index contributed by atoms with van der Waals surface area (Å²) in [4.78, 5) is 0. The minimum absolute atomic E-state index is 0.493. The topological polar surface area (TPSA) is 25.1 Å². The predicted molar refractivity (Wildman–Crippen MR) is 66.7 cm³/mol. The van der Waals surface area contributed by atoms with Gasteiger partial charge in [0.25, 0.3) is 0 Å². The number of quaternary nitrogens is 1. The fourth-order valence-electron chi connectivity index (χ4n) is 2.76. The second-order valence-electron chi connectivity index (χ2n) is 5.81. The lowest BCUT2D eigenvalue weighted by atomic mass is 10.1. The number of nitrogens with zero attached hydrogens (tertiary/aromatic N) is 1. The molecule has 0 aromatic rings. The summed E-state index contributed by atoms with van der Waals surface area (Å²) >= 11 is 0. The highest BCUT2D eigenvalue weighted by Gasteiger charge is 2.39. The van der Waals surface area contributed by atoms with E-state index in [1.54, 1.807) is 0 Å². The van der Waals surface area contributed by atoms with Crippen molar-refractivity contribution in [3.63, 3.8) is 0 Å². The van der Waals surface area contributed by atoms with Crippen LogP contribution in [0.15, 0.2) is 23.8 Å². The molecule has 2 unspecified atom stereocenters. The fourth-order valence-corrected chi connectivity index (χ4v) is 2.76. The Morgan fingerprint density at radius 1 is 1.18 bits per heavy atom. The first-order valence-electron chi connectivity index (χ1n) is 6.66. The molecule has 2 atom stereocenters. The monoisotopic (exact) mass is 236 g/mol. The Bertz CT molecular complexity index is 326. The number of ether oxygens (including phenoxy) is 2. The first-order valence-corrected chi connectivity index (χ1v) is 6.66. The molecule has 0 amide bonds. The maximum absolute atomic E-state index is 5.40. The maximum Gasteiger partial charge on any atom is 0.130 e. The van der Waals surface area contributed by atoms with Gasteiger partial charge in [0.1, 0.15) is 31.8 Å². The van der Waals surface area contributed by atoms with Crippen molar-refractivity contribution in [3.05, 3.63) is 23.8 Å². The molecular weight excluding hydrogens is 214 g/mol. The molecule has 0 aromatic carbocycles. The standard InChI is InChI=1S/C14H22NO2/c1-15(8-13-10-16-13,9-14-11-17-14)7-12-5-3-2-4-6-12/h3,5-6,13-14H,2,4,7-11H2,1H3/q+1. The molecular formula is C14H22NO2+. The van der Waals surface area contributed by atoms with E-state index < -0.39 is 0 Å². The quantitative estimate of drug-likeness (QED) is 0.516.